The van der Waals surface area contributed by atoms with E-state index >= 15 is 0 Å². The van der Waals surface area contributed by atoms with Crippen LogP contribution in [0.5, 0.6) is 0 Å². The Morgan fingerprint density at radius 3 is 2.45 bits per heavy atom. The van der Waals surface area contributed by atoms with Crippen LogP contribution in [0.2, 0.25) is 0 Å². The Kier molecular flexibility index (Phi) is 13.2. The molecule has 0 bridgehead atoms. The van der Waals surface area contributed by atoms with E-state index in [-0.39, 0.29) is 35.5 Å². The van der Waals surface area contributed by atoms with Gasteiger partial charge in [-0.2, -0.15) is 0 Å². The van der Waals surface area contributed by atoms with Crippen molar-refractivity contribution < 1.29 is 14.3 Å². The van der Waals surface area contributed by atoms with Gasteiger partial charge in [-0.3, -0.25) is 9.79 Å². The van der Waals surface area contributed by atoms with E-state index in [4.69, 9.17) is 9.47 Å². The van der Waals surface area contributed by atoms with Crippen LogP contribution in [-0.4, -0.2) is 51.4 Å². The predicted molar refractivity (Wildman–Crippen MR) is 91.7 cm³/mol. The fourth-order valence-corrected chi connectivity index (χ4v) is 1.26. The first-order valence-electron chi connectivity index (χ1n) is 6.60. The molecule has 20 heavy (non-hydrogen) atoms. The SMILES string of the molecule is CCOC(=O)CCCNC(=NC)NCC(C)(C)OC.I. The minimum atomic E-state index is -0.247. The fraction of sp³-hybridized carbons (Fsp3) is 0.846. The van der Waals surface area contributed by atoms with Crippen molar-refractivity contribution in [3.8, 4) is 0 Å². The number of carbonyl (C=O) groups is 1. The molecular weight excluding hydrogens is 373 g/mol. The Balaban J connectivity index is 0. The van der Waals surface area contributed by atoms with Crippen LogP contribution < -0.4 is 10.6 Å². The Morgan fingerprint density at radius 2 is 1.95 bits per heavy atom. The normalized spacial score (nSPS) is 11.6. The summed E-state index contributed by atoms with van der Waals surface area (Å²) in [5.74, 6) is 0.543. The van der Waals surface area contributed by atoms with E-state index < -0.39 is 0 Å². The van der Waals surface area contributed by atoms with Crippen molar-refractivity contribution in [2.24, 2.45) is 4.99 Å². The van der Waals surface area contributed by atoms with Crippen LogP contribution in [0.3, 0.4) is 0 Å². The molecule has 0 saturated heterocycles. The van der Waals surface area contributed by atoms with Crippen LogP contribution in [0.25, 0.3) is 0 Å². The number of hydrogen-bond acceptors (Lipinski definition) is 4. The zero-order valence-corrected chi connectivity index (χ0v) is 15.4. The Bertz CT molecular complexity index is 297. The van der Waals surface area contributed by atoms with Gasteiger partial charge in [0.25, 0.3) is 0 Å². The van der Waals surface area contributed by atoms with Crippen LogP contribution in [0.4, 0.5) is 0 Å². The molecule has 0 amide bonds. The minimum absolute atomic E-state index is 0. The number of halogens is 1. The van der Waals surface area contributed by atoms with Gasteiger partial charge in [-0.05, 0) is 27.2 Å². The number of nitrogens with zero attached hydrogens (tertiary/aromatic N) is 1. The number of nitrogens with one attached hydrogen (secondary N) is 2. The highest BCUT2D eigenvalue weighted by molar-refractivity contribution is 14.0. The number of aliphatic imine (C=N–C) groups is 1. The van der Waals surface area contributed by atoms with Gasteiger partial charge in [-0.1, -0.05) is 0 Å². The van der Waals surface area contributed by atoms with Gasteiger partial charge in [-0.25, -0.2) is 0 Å². The maximum absolute atomic E-state index is 11.1. The van der Waals surface area contributed by atoms with Gasteiger partial charge in [0.1, 0.15) is 0 Å². The highest BCUT2D eigenvalue weighted by atomic mass is 127. The highest BCUT2D eigenvalue weighted by Crippen LogP contribution is 2.04. The topological polar surface area (TPSA) is 72.0 Å². The van der Waals surface area contributed by atoms with Gasteiger partial charge in [0.2, 0.25) is 0 Å². The second kappa shape index (κ2) is 12.2. The lowest BCUT2D eigenvalue weighted by molar-refractivity contribution is -0.143. The number of hydrogen-bond donors (Lipinski definition) is 2. The first-order chi connectivity index (χ1) is 8.95. The van der Waals surface area contributed by atoms with Gasteiger partial charge >= 0.3 is 5.97 Å². The molecule has 0 aliphatic heterocycles. The largest absolute Gasteiger partial charge is 0.466 e. The number of rotatable bonds is 8. The lowest BCUT2D eigenvalue weighted by Crippen LogP contribution is -2.45. The van der Waals surface area contributed by atoms with Gasteiger partial charge in [0, 0.05) is 33.7 Å². The van der Waals surface area contributed by atoms with Crippen LogP contribution in [0, 0.1) is 0 Å². The van der Waals surface area contributed by atoms with E-state index in [2.05, 4.69) is 15.6 Å². The standard InChI is InChI=1S/C13H27N3O3.HI/c1-6-19-11(17)8-7-9-15-12(14-4)16-10-13(2,3)18-5;/h6-10H2,1-5H3,(H2,14,15,16);1H. The van der Waals surface area contributed by atoms with E-state index in [9.17, 15) is 4.79 Å². The molecule has 0 aromatic rings. The summed E-state index contributed by atoms with van der Waals surface area (Å²) >= 11 is 0. The van der Waals surface area contributed by atoms with Crippen LogP contribution in [0.1, 0.15) is 33.6 Å². The van der Waals surface area contributed by atoms with Crippen molar-refractivity contribution in [3.05, 3.63) is 0 Å². The van der Waals surface area contributed by atoms with Gasteiger partial charge < -0.3 is 20.1 Å². The average molecular weight is 401 g/mol. The molecule has 6 nitrogen and oxygen atoms in total. The molecule has 0 atom stereocenters. The van der Waals surface area contributed by atoms with Crippen molar-refractivity contribution in [2.45, 2.75) is 39.2 Å². The molecule has 0 radical (unpaired) electrons. The molecule has 7 heteroatoms. The maximum atomic E-state index is 11.1. The molecule has 0 fully saturated rings. The summed E-state index contributed by atoms with van der Waals surface area (Å²) in [5, 5.41) is 6.31. The Hall–Kier alpha value is -0.570. The van der Waals surface area contributed by atoms with E-state index in [0.717, 1.165) is 0 Å². The number of guanidine groups is 1. The van der Waals surface area contributed by atoms with Gasteiger partial charge in [0.15, 0.2) is 5.96 Å². The summed E-state index contributed by atoms with van der Waals surface area (Å²) in [6.45, 7) is 7.55. The zero-order chi connectivity index (χ0) is 14.7. The third-order valence-electron chi connectivity index (χ3n) is 2.61. The molecular formula is C13H28IN3O3. The second-order valence-electron chi connectivity index (χ2n) is 4.72. The summed E-state index contributed by atoms with van der Waals surface area (Å²) < 4.78 is 10.2. The first-order valence-corrected chi connectivity index (χ1v) is 6.60. The van der Waals surface area contributed by atoms with Crippen molar-refractivity contribution >= 4 is 35.9 Å². The number of ether oxygens (including phenoxy) is 2. The van der Waals surface area contributed by atoms with E-state index in [1.165, 1.54) is 0 Å². The molecule has 0 aromatic carbocycles. The Labute approximate surface area is 139 Å². The molecule has 0 aliphatic carbocycles. The van der Waals surface area contributed by atoms with Crippen LogP contribution in [-0.2, 0) is 14.3 Å². The predicted octanol–water partition coefficient (Wildman–Crippen LogP) is 1.54. The van der Waals surface area contributed by atoms with Crippen molar-refractivity contribution in [1.29, 1.82) is 0 Å². The summed E-state index contributed by atoms with van der Waals surface area (Å²) in [5.41, 5.74) is -0.247. The van der Waals surface area contributed by atoms with Crippen molar-refractivity contribution in [2.75, 3.05) is 33.9 Å². The average Bonchev–Trinajstić information content (AvgIpc) is 2.38. The molecule has 120 valence electrons. The molecule has 0 heterocycles. The van der Waals surface area contributed by atoms with E-state index in [1.54, 1.807) is 21.1 Å². The molecule has 0 rings (SSSR count). The molecule has 0 saturated carbocycles. The summed E-state index contributed by atoms with van der Waals surface area (Å²) in [6.07, 6.45) is 1.13. The van der Waals surface area contributed by atoms with Crippen molar-refractivity contribution in [1.82, 2.24) is 10.6 Å². The fourth-order valence-electron chi connectivity index (χ4n) is 1.26. The number of methoxy groups -OCH3 is 1. The lowest BCUT2D eigenvalue weighted by atomic mass is 10.1. The summed E-state index contributed by atoms with van der Waals surface area (Å²) in [7, 11) is 3.39. The smallest absolute Gasteiger partial charge is 0.305 e. The molecule has 0 unspecified atom stereocenters. The molecule has 0 spiro atoms. The van der Waals surface area contributed by atoms with Gasteiger partial charge in [-0.15, -0.1) is 24.0 Å². The third-order valence-corrected chi connectivity index (χ3v) is 2.61. The monoisotopic (exact) mass is 401 g/mol. The lowest BCUT2D eigenvalue weighted by Gasteiger charge is -2.24. The van der Waals surface area contributed by atoms with E-state index in [1.807, 2.05) is 13.8 Å². The molecule has 2 N–H and O–H groups in total. The maximum Gasteiger partial charge on any atom is 0.305 e. The summed E-state index contributed by atoms with van der Waals surface area (Å²) in [4.78, 5) is 15.2. The first kappa shape index (κ1) is 21.7. The third kappa shape index (κ3) is 11.3. The van der Waals surface area contributed by atoms with Crippen LogP contribution in [0.15, 0.2) is 4.99 Å². The van der Waals surface area contributed by atoms with Crippen LogP contribution >= 0.6 is 24.0 Å². The van der Waals surface area contributed by atoms with Gasteiger partial charge in [0.05, 0.1) is 12.2 Å². The molecule has 0 aliphatic rings. The highest BCUT2D eigenvalue weighted by Gasteiger charge is 2.16. The van der Waals surface area contributed by atoms with E-state index in [0.29, 0.717) is 38.5 Å². The quantitative estimate of drug-likeness (QED) is 0.212. The number of carbonyl (C=O) groups excluding carboxylic acids is 1. The minimum Gasteiger partial charge on any atom is -0.466 e. The Morgan fingerprint density at radius 1 is 1.30 bits per heavy atom. The molecule has 0 aromatic heterocycles. The summed E-state index contributed by atoms with van der Waals surface area (Å²) in [6, 6.07) is 0. The zero-order valence-electron chi connectivity index (χ0n) is 13.1. The van der Waals surface area contributed by atoms with Crippen molar-refractivity contribution in [3.63, 3.8) is 0 Å². The second-order valence-corrected chi connectivity index (χ2v) is 4.72. The number of esters is 1.